The molecule has 2 aliphatic rings. The zero-order chi connectivity index (χ0) is 14.3. The Hall–Kier alpha value is -0.860. The van der Waals surface area contributed by atoms with E-state index < -0.39 is 0 Å². The molecule has 1 saturated heterocycles. The van der Waals surface area contributed by atoms with Gasteiger partial charge in [-0.2, -0.15) is 0 Å². The van der Waals surface area contributed by atoms with Crippen molar-refractivity contribution in [1.82, 2.24) is 10.2 Å². The van der Waals surface area contributed by atoms with E-state index in [1.54, 1.807) is 0 Å². The molecule has 1 aromatic rings. The highest BCUT2D eigenvalue weighted by molar-refractivity contribution is 5.16. The lowest BCUT2D eigenvalue weighted by molar-refractivity contribution is 0.175. The lowest BCUT2D eigenvalue weighted by Gasteiger charge is -2.32. The molecule has 1 aliphatic carbocycles. The molecule has 116 valence electrons. The molecular formula is C19H30N2. The first-order valence-electron chi connectivity index (χ1n) is 8.93. The highest BCUT2D eigenvalue weighted by Crippen LogP contribution is 2.23. The van der Waals surface area contributed by atoms with E-state index in [0.29, 0.717) is 6.04 Å². The highest BCUT2D eigenvalue weighted by Gasteiger charge is 2.24. The van der Waals surface area contributed by atoms with Crippen molar-refractivity contribution in [3.8, 4) is 0 Å². The third kappa shape index (κ3) is 4.55. The van der Waals surface area contributed by atoms with Crippen LogP contribution in [0.5, 0.6) is 0 Å². The molecule has 2 heteroatoms. The number of rotatable bonds is 3. The van der Waals surface area contributed by atoms with Crippen LogP contribution in [0.4, 0.5) is 0 Å². The van der Waals surface area contributed by atoms with E-state index in [-0.39, 0.29) is 0 Å². The SMILES string of the molecule is c1ccc(CC2CN(C3CCCCCC3)CCCN2)cc1. The van der Waals surface area contributed by atoms with Crippen LogP contribution < -0.4 is 5.32 Å². The summed E-state index contributed by atoms with van der Waals surface area (Å²) in [5.41, 5.74) is 1.47. The summed E-state index contributed by atoms with van der Waals surface area (Å²) >= 11 is 0. The fourth-order valence-corrected chi connectivity index (χ4v) is 4.02. The average molecular weight is 286 g/mol. The van der Waals surface area contributed by atoms with Gasteiger partial charge in [0.1, 0.15) is 0 Å². The molecule has 1 saturated carbocycles. The second kappa shape index (κ2) is 7.95. The third-order valence-electron chi connectivity index (χ3n) is 5.18. The summed E-state index contributed by atoms with van der Waals surface area (Å²) in [7, 11) is 0. The molecule has 2 fully saturated rings. The van der Waals surface area contributed by atoms with E-state index in [9.17, 15) is 0 Å². The Morgan fingerprint density at radius 2 is 1.71 bits per heavy atom. The van der Waals surface area contributed by atoms with Crippen LogP contribution in [0.1, 0.15) is 50.5 Å². The monoisotopic (exact) mass is 286 g/mol. The van der Waals surface area contributed by atoms with Crippen molar-refractivity contribution in [3.05, 3.63) is 35.9 Å². The molecule has 2 nitrogen and oxygen atoms in total. The number of nitrogens with zero attached hydrogens (tertiary/aromatic N) is 1. The summed E-state index contributed by atoms with van der Waals surface area (Å²) in [6.45, 7) is 3.71. The summed E-state index contributed by atoms with van der Waals surface area (Å²) in [6.07, 6.45) is 11.1. The van der Waals surface area contributed by atoms with Gasteiger partial charge < -0.3 is 5.32 Å². The van der Waals surface area contributed by atoms with E-state index in [1.165, 1.54) is 76.6 Å². The minimum Gasteiger partial charge on any atom is -0.312 e. The van der Waals surface area contributed by atoms with Gasteiger partial charge in [-0.3, -0.25) is 4.90 Å². The van der Waals surface area contributed by atoms with Crippen LogP contribution in [0.3, 0.4) is 0 Å². The van der Waals surface area contributed by atoms with E-state index in [1.807, 2.05) is 0 Å². The van der Waals surface area contributed by atoms with Crippen LogP contribution in [0, 0.1) is 0 Å². The second-order valence-corrected chi connectivity index (χ2v) is 6.83. The quantitative estimate of drug-likeness (QED) is 0.854. The van der Waals surface area contributed by atoms with Crippen LogP contribution in [-0.2, 0) is 6.42 Å². The zero-order valence-electron chi connectivity index (χ0n) is 13.3. The van der Waals surface area contributed by atoms with E-state index in [4.69, 9.17) is 0 Å². The summed E-state index contributed by atoms with van der Waals surface area (Å²) in [5, 5.41) is 3.77. The topological polar surface area (TPSA) is 15.3 Å². The van der Waals surface area contributed by atoms with Gasteiger partial charge >= 0.3 is 0 Å². The molecule has 21 heavy (non-hydrogen) atoms. The van der Waals surface area contributed by atoms with Gasteiger partial charge in [0.15, 0.2) is 0 Å². The van der Waals surface area contributed by atoms with Crippen LogP contribution in [0.15, 0.2) is 30.3 Å². The van der Waals surface area contributed by atoms with Crippen molar-refractivity contribution >= 4 is 0 Å². The lowest BCUT2D eigenvalue weighted by atomic mass is 10.0. The van der Waals surface area contributed by atoms with Gasteiger partial charge in [0.25, 0.3) is 0 Å². The number of nitrogens with one attached hydrogen (secondary N) is 1. The van der Waals surface area contributed by atoms with Gasteiger partial charge in [0.2, 0.25) is 0 Å². The third-order valence-corrected chi connectivity index (χ3v) is 5.18. The van der Waals surface area contributed by atoms with Gasteiger partial charge in [-0.1, -0.05) is 56.0 Å². The van der Waals surface area contributed by atoms with Gasteiger partial charge in [-0.15, -0.1) is 0 Å². The van der Waals surface area contributed by atoms with Gasteiger partial charge in [0, 0.05) is 18.6 Å². The molecule has 0 radical (unpaired) electrons. The van der Waals surface area contributed by atoms with Crippen LogP contribution in [0.2, 0.25) is 0 Å². The Morgan fingerprint density at radius 1 is 0.952 bits per heavy atom. The highest BCUT2D eigenvalue weighted by atomic mass is 15.2. The molecule has 1 heterocycles. The average Bonchev–Trinajstić information content (AvgIpc) is 2.91. The minimum absolute atomic E-state index is 0.623. The second-order valence-electron chi connectivity index (χ2n) is 6.83. The van der Waals surface area contributed by atoms with Gasteiger partial charge in [-0.25, -0.2) is 0 Å². The molecule has 0 spiro atoms. The number of benzene rings is 1. The van der Waals surface area contributed by atoms with Crippen molar-refractivity contribution in [3.63, 3.8) is 0 Å². The molecule has 1 atom stereocenters. The number of hydrogen-bond donors (Lipinski definition) is 1. The zero-order valence-corrected chi connectivity index (χ0v) is 13.3. The van der Waals surface area contributed by atoms with Crippen molar-refractivity contribution in [1.29, 1.82) is 0 Å². The van der Waals surface area contributed by atoms with Crippen LogP contribution in [0.25, 0.3) is 0 Å². The molecule has 1 aliphatic heterocycles. The largest absolute Gasteiger partial charge is 0.312 e. The standard InChI is InChI=1S/C19H30N2/c1-2-7-12-19(11-6-1)21-14-8-13-20-18(16-21)15-17-9-4-3-5-10-17/h3-5,9-10,18-20H,1-2,6-8,11-16H2. The fraction of sp³-hybridized carbons (Fsp3) is 0.684. The predicted molar refractivity (Wildman–Crippen MR) is 89.6 cm³/mol. The Morgan fingerprint density at radius 3 is 2.48 bits per heavy atom. The molecular weight excluding hydrogens is 256 g/mol. The van der Waals surface area contributed by atoms with Crippen LogP contribution >= 0.6 is 0 Å². The predicted octanol–water partition coefficient (Wildman–Crippen LogP) is 3.62. The molecule has 1 aromatic carbocycles. The summed E-state index contributed by atoms with van der Waals surface area (Å²) in [4.78, 5) is 2.80. The maximum Gasteiger partial charge on any atom is 0.0235 e. The summed E-state index contributed by atoms with van der Waals surface area (Å²) in [5.74, 6) is 0. The Balaban J connectivity index is 1.60. The van der Waals surface area contributed by atoms with E-state index >= 15 is 0 Å². The molecule has 1 unspecified atom stereocenters. The van der Waals surface area contributed by atoms with Crippen LogP contribution in [-0.4, -0.2) is 36.6 Å². The smallest absolute Gasteiger partial charge is 0.0235 e. The first-order chi connectivity index (χ1) is 10.4. The van der Waals surface area contributed by atoms with Crippen molar-refractivity contribution < 1.29 is 0 Å². The Bertz CT molecular complexity index is 395. The van der Waals surface area contributed by atoms with Gasteiger partial charge in [-0.05, 0) is 44.3 Å². The molecule has 0 bridgehead atoms. The molecule has 0 aromatic heterocycles. The Labute approximate surface area is 129 Å². The van der Waals surface area contributed by atoms with Gasteiger partial charge in [0.05, 0.1) is 0 Å². The Kier molecular flexibility index (Phi) is 5.70. The summed E-state index contributed by atoms with van der Waals surface area (Å²) in [6, 6.07) is 12.4. The van der Waals surface area contributed by atoms with Crippen molar-refractivity contribution in [2.24, 2.45) is 0 Å². The summed E-state index contributed by atoms with van der Waals surface area (Å²) < 4.78 is 0. The number of hydrogen-bond acceptors (Lipinski definition) is 2. The lowest BCUT2D eigenvalue weighted by Crippen LogP contribution is -2.43. The van der Waals surface area contributed by atoms with Crippen molar-refractivity contribution in [2.75, 3.05) is 19.6 Å². The molecule has 3 rings (SSSR count). The van der Waals surface area contributed by atoms with E-state index in [0.717, 1.165) is 6.04 Å². The maximum absolute atomic E-state index is 3.77. The minimum atomic E-state index is 0.623. The maximum atomic E-state index is 3.77. The van der Waals surface area contributed by atoms with Crippen molar-refractivity contribution in [2.45, 2.75) is 63.5 Å². The molecule has 1 N–H and O–H groups in total. The van der Waals surface area contributed by atoms with E-state index in [2.05, 4.69) is 40.5 Å². The molecule has 0 amide bonds. The fourth-order valence-electron chi connectivity index (χ4n) is 4.02. The normalized spacial score (nSPS) is 26.2. The first-order valence-corrected chi connectivity index (χ1v) is 8.93. The first kappa shape index (κ1) is 15.1.